The van der Waals surface area contributed by atoms with Crippen LogP contribution in [0, 0.1) is 6.92 Å². The molecule has 178 valence electrons. The Balaban J connectivity index is 1.52. The van der Waals surface area contributed by atoms with Crippen LogP contribution < -0.4 is 14.8 Å². The van der Waals surface area contributed by atoms with Crippen LogP contribution in [0.1, 0.15) is 42.6 Å². The Morgan fingerprint density at radius 3 is 2.45 bits per heavy atom. The number of Topliss-reactive ketones (excluding diaryl/α,β-unsaturated/α-hetero) is 1. The highest BCUT2D eigenvalue weighted by molar-refractivity contribution is 6.30. The molecule has 33 heavy (non-hydrogen) atoms. The molecule has 2 aromatic carbocycles. The molecule has 1 aliphatic heterocycles. The van der Waals surface area contributed by atoms with Crippen molar-refractivity contribution in [3.8, 4) is 11.5 Å². The third-order valence-electron chi connectivity index (χ3n) is 5.46. The molecule has 7 nitrogen and oxygen atoms in total. The van der Waals surface area contributed by atoms with E-state index in [-0.39, 0.29) is 30.2 Å². The number of nitrogens with zero attached hydrogens (tertiary/aromatic N) is 1. The lowest BCUT2D eigenvalue weighted by molar-refractivity contribution is -0.114. The topological polar surface area (TPSA) is 88.1 Å². The van der Waals surface area contributed by atoms with Gasteiger partial charge in [-0.1, -0.05) is 11.6 Å². The van der Waals surface area contributed by atoms with Crippen LogP contribution in [0.3, 0.4) is 0 Å². The molecule has 0 bridgehead atoms. The number of hydrogen-bond acceptors (Lipinski definition) is 6. The van der Waals surface area contributed by atoms with Crippen molar-refractivity contribution in [2.75, 3.05) is 31.6 Å². The lowest BCUT2D eigenvalue weighted by Gasteiger charge is -2.33. The number of ketones is 1. The summed E-state index contributed by atoms with van der Waals surface area (Å²) < 4.78 is 11.9. The van der Waals surface area contributed by atoms with Crippen LogP contribution in [0.2, 0.25) is 5.02 Å². The van der Waals surface area contributed by atoms with Crippen LogP contribution in [0.4, 0.5) is 5.69 Å². The summed E-state index contributed by atoms with van der Waals surface area (Å²) in [6.07, 6.45) is 1.09. The quantitative estimate of drug-likeness (QED) is 0.532. The van der Waals surface area contributed by atoms with Gasteiger partial charge >= 0.3 is 0 Å². The van der Waals surface area contributed by atoms with Gasteiger partial charge in [0, 0.05) is 31.6 Å². The number of carbonyl (C=O) groups is 2. The number of amides is 1. The van der Waals surface area contributed by atoms with Gasteiger partial charge in [-0.15, -0.1) is 0 Å². The number of benzene rings is 2. The third kappa shape index (κ3) is 7.45. The Labute approximate surface area is 199 Å². The summed E-state index contributed by atoms with van der Waals surface area (Å²) in [5.41, 5.74) is 1.65. The summed E-state index contributed by atoms with van der Waals surface area (Å²) >= 11 is 5.92. The minimum Gasteiger partial charge on any atom is -0.490 e. The van der Waals surface area contributed by atoms with Gasteiger partial charge in [-0.2, -0.15) is 0 Å². The number of piperidine rings is 1. The zero-order valence-corrected chi connectivity index (χ0v) is 20.0. The maximum absolute atomic E-state index is 12.1. The van der Waals surface area contributed by atoms with E-state index in [4.69, 9.17) is 21.1 Å². The van der Waals surface area contributed by atoms with E-state index in [1.165, 1.54) is 13.8 Å². The van der Waals surface area contributed by atoms with Gasteiger partial charge < -0.3 is 24.8 Å². The van der Waals surface area contributed by atoms with Gasteiger partial charge in [-0.05, 0) is 68.7 Å². The van der Waals surface area contributed by atoms with Crippen molar-refractivity contribution in [3.63, 3.8) is 0 Å². The van der Waals surface area contributed by atoms with Crippen LogP contribution in [-0.2, 0) is 4.79 Å². The Bertz CT molecular complexity index is 972. The maximum atomic E-state index is 12.1. The van der Waals surface area contributed by atoms with Crippen molar-refractivity contribution >= 4 is 29.0 Å². The smallest absolute Gasteiger partial charge is 0.221 e. The molecule has 0 spiro atoms. The van der Waals surface area contributed by atoms with Gasteiger partial charge in [0.2, 0.25) is 5.91 Å². The molecule has 1 heterocycles. The number of aliphatic hydroxyl groups excluding tert-OH is 1. The van der Waals surface area contributed by atoms with Crippen LogP contribution >= 0.6 is 11.6 Å². The van der Waals surface area contributed by atoms with Crippen molar-refractivity contribution < 1.29 is 24.2 Å². The SMILES string of the molecule is CC(=O)Nc1cc(C)cc(C(C)=O)c1OCC(O)CN1CCC(Oc2ccc(Cl)cc2)CC1. The predicted octanol–water partition coefficient (Wildman–Crippen LogP) is 4.09. The number of anilines is 1. The number of aryl methyl sites for hydroxylation is 1. The number of carbonyl (C=O) groups excluding carboxylic acids is 2. The Morgan fingerprint density at radius 1 is 1.18 bits per heavy atom. The van der Waals surface area contributed by atoms with Crippen molar-refractivity contribution in [2.45, 2.75) is 45.8 Å². The zero-order chi connectivity index (χ0) is 24.0. The number of aliphatic hydroxyl groups is 1. The molecule has 3 rings (SSSR count). The number of hydrogen-bond donors (Lipinski definition) is 2. The summed E-state index contributed by atoms with van der Waals surface area (Å²) in [5, 5.41) is 14.0. The molecule has 0 aromatic heterocycles. The van der Waals surface area contributed by atoms with E-state index >= 15 is 0 Å². The normalized spacial score (nSPS) is 15.7. The van der Waals surface area contributed by atoms with E-state index in [1.807, 2.05) is 31.2 Å². The number of likely N-dealkylation sites (tertiary alicyclic amines) is 1. The number of halogens is 1. The highest BCUT2D eigenvalue weighted by Crippen LogP contribution is 2.31. The highest BCUT2D eigenvalue weighted by Gasteiger charge is 2.23. The summed E-state index contributed by atoms with van der Waals surface area (Å²) in [7, 11) is 0. The second kappa shape index (κ2) is 11.5. The molecule has 2 N–H and O–H groups in total. The van der Waals surface area contributed by atoms with Gasteiger partial charge in [0.1, 0.15) is 24.6 Å². The molecular formula is C25H31ClN2O5. The summed E-state index contributed by atoms with van der Waals surface area (Å²) in [4.78, 5) is 25.9. The summed E-state index contributed by atoms with van der Waals surface area (Å²) in [6, 6.07) is 10.8. The number of rotatable bonds is 9. The number of ether oxygens (including phenoxy) is 2. The molecule has 0 saturated carbocycles. The lowest BCUT2D eigenvalue weighted by Crippen LogP contribution is -2.43. The van der Waals surface area contributed by atoms with Gasteiger partial charge in [0.05, 0.1) is 11.3 Å². The van der Waals surface area contributed by atoms with E-state index in [9.17, 15) is 14.7 Å². The van der Waals surface area contributed by atoms with Crippen molar-refractivity contribution in [3.05, 3.63) is 52.5 Å². The second-order valence-corrected chi connectivity index (χ2v) is 8.90. The molecule has 1 amide bonds. The van der Waals surface area contributed by atoms with Crippen LogP contribution in [0.25, 0.3) is 0 Å². The van der Waals surface area contributed by atoms with Crippen LogP contribution in [-0.4, -0.2) is 60.1 Å². The summed E-state index contributed by atoms with van der Waals surface area (Å²) in [5.74, 6) is 0.666. The lowest BCUT2D eigenvalue weighted by atomic mass is 10.1. The standard InChI is InChI=1S/C25H31ClN2O5/c1-16-12-23(17(2)29)25(24(13-16)27-18(3)30)32-15-20(31)14-28-10-8-22(9-11-28)33-21-6-4-19(26)5-7-21/h4-7,12-13,20,22,31H,8-11,14-15H2,1-3H3,(H,27,30). The van der Waals surface area contributed by atoms with Crippen molar-refractivity contribution in [2.24, 2.45) is 0 Å². The Morgan fingerprint density at radius 2 is 1.85 bits per heavy atom. The first-order valence-electron chi connectivity index (χ1n) is 11.1. The van der Waals surface area contributed by atoms with Crippen molar-refractivity contribution in [1.82, 2.24) is 4.90 Å². The predicted molar refractivity (Wildman–Crippen MR) is 129 cm³/mol. The van der Waals surface area contributed by atoms with E-state index in [0.29, 0.717) is 22.8 Å². The monoisotopic (exact) mass is 474 g/mol. The van der Waals surface area contributed by atoms with Crippen LogP contribution in [0.5, 0.6) is 11.5 Å². The summed E-state index contributed by atoms with van der Waals surface area (Å²) in [6.45, 7) is 6.75. The first-order valence-corrected chi connectivity index (χ1v) is 11.5. The zero-order valence-electron chi connectivity index (χ0n) is 19.3. The molecule has 0 aliphatic carbocycles. The van der Waals surface area contributed by atoms with E-state index in [1.54, 1.807) is 12.1 Å². The van der Waals surface area contributed by atoms with Crippen LogP contribution in [0.15, 0.2) is 36.4 Å². The molecule has 8 heteroatoms. The number of nitrogens with one attached hydrogen (secondary N) is 1. The Hall–Kier alpha value is -2.61. The minimum absolute atomic E-state index is 0.0110. The fraction of sp³-hybridized carbons (Fsp3) is 0.440. The molecule has 1 fully saturated rings. The average molecular weight is 475 g/mol. The molecule has 1 unspecified atom stereocenters. The highest BCUT2D eigenvalue weighted by atomic mass is 35.5. The molecule has 1 saturated heterocycles. The first kappa shape index (κ1) is 25.0. The molecule has 1 aliphatic rings. The van der Waals surface area contributed by atoms with E-state index in [0.717, 1.165) is 37.2 Å². The fourth-order valence-corrected chi connectivity index (χ4v) is 4.04. The van der Waals surface area contributed by atoms with Gasteiger partial charge in [-0.3, -0.25) is 9.59 Å². The largest absolute Gasteiger partial charge is 0.490 e. The second-order valence-electron chi connectivity index (χ2n) is 8.46. The third-order valence-corrected chi connectivity index (χ3v) is 5.72. The first-order chi connectivity index (χ1) is 15.7. The van der Waals surface area contributed by atoms with E-state index < -0.39 is 6.10 Å². The van der Waals surface area contributed by atoms with Gasteiger partial charge in [0.15, 0.2) is 11.5 Å². The maximum Gasteiger partial charge on any atom is 0.221 e. The Kier molecular flexibility index (Phi) is 8.72. The van der Waals surface area contributed by atoms with Gasteiger partial charge in [0.25, 0.3) is 0 Å². The minimum atomic E-state index is -0.745. The molecule has 0 radical (unpaired) electrons. The van der Waals surface area contributed by atoms with Crippen molar-refractivity contribution in [1.29, 1.82) is 0 Å². The van der Waals surface area contributed by atoms with Gasteiger partial charge in [-0.25, -0.2) is 0 Å². The molecule has 1 atom stereocenters. The van der Waals surface area contributed by atoms with E-state index in [2.05, 4.69) is 10.2 Å². The molecule has 2 aromatic rings. The fourth-order valence-electron chi connectivity index (χ4n) is 3.92. The average Bonchev–Trinajstić information content (AvgIpc) is 2.75. The number of β-amino-alcohol motifs (C(OH)–C–C–N with tert-alkyl or cyclic N) is 1. The molecular weight excluding hydrogens is 444 g/mol.